The Balaban J connectivity index is 1.57. The summed E-state index contributed by atoms with van der Waals surface area (Å²) in [6, 6.07) is 25.3. The Kier molecular flexibility index (Phi) is 8.48. The highest BCUT2D eigenvalue weighted by molar-refractivity contribution is 5.54. The second-order valence-electron chi connectivity index (χ2n) is 10.0. The summed E-state index contributed by atoms with van der Waals surface area (Å²) in [6.07, 6.45) is 2.94. The molecular weight excluding hydrogens is 434 g/mol. The van der Waals surface area contributed by atoms with E-state index >= 15 is 0 Å². The van der Waals surface area contributed by atoms with Crippen LogP contribution < -0.4 is 10.1 Å². The average molecular weight is 474 g/mol. The summed E-state index contributed by atoms with van der Waals surface area (Å²) in [5.74, 6) is 0.863. The Hall–Kier alpha value is -2.82. The first-order valence-electron chi connectivity index (χ1n) is 12.9. The molecule has 0 spiro atoms. The molecule has 2 atom stereocenters. The smallest absolute Gasteiger partial charge is 0.132 e. The van der Waals surface area contributed by atoms with Gasteiger partial charge in [-0.05, 0) is 56.5 Å². The topological polar surface area (TPSA) is 39.7 Å². The first-order valence-corrected chi connectivity index (χ1v) is 12.9. The molecule has 2 unspecified atom stereocenters. The fourth-order valence-corrected chi connectivity index (χ4v) is 4.54. The molecule has 0 radical (unpaired) electrons. The summed E-state index contributed by atoms with van der Waals surface area (Å²) in [5.41, 5.74) is 5.25. The van der Waals surface area contributed by atoms with Gasteiger partial charge in [-0.25, -0.2) is 0 Å². The number of hydrogen-bond donors (Lipinski definition) is 1. The van der Waals surface area contributed by atoms with Crippen LogP contribution in [0.5, 0.6) is 5.75 Å². The van der Waals surface area contributed by atoms with Crippen LogP contribution in [0.25, 0.3) is 0 Å². The second kappa shape index (κ2) is 11.7. The van der Waals surface area contributed by atoms with Crippen molar-refractivity contribution < 1.29 is 14.2 Å². The molecule has 0 amide bonds. The van der Waals surface area contributed by atoms with E-state index in [4.69, 9.17) is 14.2 Å². The van der Waals surface area contributed by atoms with E-state index in [-0.39, 0.29) is 12.2 Å². The zero-order valence-corrected chi connectivity index (χ0v) is 21.6. The molecule has 3 aromatic rings. The second-order valence-corrected chi connectivity index (χ2v) is 10.0. The molecule has 1 aliphatic rings. The van der Waals surface area contributed by atoms with Crippen LogP contribution in [-0.4, -0.2) is 18.3 Å². The average Bonchev–Trinajstić information content (AvgIpc) is 2.86. The highest BCUT2D eigenvalue weighted by Gasteiger charge is 2.45. The van der Waals surface area contributed by atoms with Crippen LogP contribution in [0.3, 0.4) is 0 Å². The normalized spacial score (nSPS) is 18.5. The summed E-state index contributed by atoms with van der Waals surface area (Å²) in [4.78, 5) is 0. The van der Waals surface area contributed by atoms with Gasteiger partial charge in [-0.15, -0.1) is 0 Å². The molecule has 186 valence electrons. The lowest BCUT2D eigenvalue weighted by Crippen LogP contribution is -2.51. The van der Waals surface area contributed by atoms with Crippen molar-refractivity contribution in [2.45, 2.75) is 77.9 Å². The van der Waals surface area contributed by atoms with Gasteiger partial charge in [-0.3, -0.25) is 0 Å². The molecule has 4 heteroatoms. The van der Waals surface area contributed by atoms with E-state index in [0.29, 0.717) is 13.2 Å². The lowest BCUT2D eigenvalue weighted by atomic mass is 9.87. The van der Waals surface area contributed by atoms with Crippen LogP contribution in [0.4, 0.5) is 5.69 Å². The third-order valence-corrected chi connectivity index (χ3v) is 6.58. The predicted octanol–water partition coefficient (Wildman–Crippen LogP) is 7.61. The van der Waals surface area contributed by atoms with E-state index in [1.54, 1.807) is 0 Å². The summed E-state index contributed by atoms with van der Waals surface area (Å²) < 4.78 is 19.5. The summed E-state index contributed by atoms with van der Waals surface area (Å²) in [6.45, 7) is 10.5. The number of aryl methyl sites for hydroxylation is 1. The van der Waals surface area contributed by atoms with Crippen molar-refractivity contribution in [3.8, 4) is 5.75 Å². The number of unbranched alkanes of at least 4 members (excludes halogenated alkanes) is 2. The number of benzene rings is 3. The van der Waals surface area contributed by atoms with Gasteiger partial charge in [-0.1, -0.05) is 79.9 Å². The molecule has 3 aromatic carbocycles. The molecule has 4 nitrogen and oxygen atoms in total. The number of anilines is 1. The molecule has 0 fully saturated rings. The van der Waals surface area contributed by atoms with Crippen LogP contribution >= 0.6 is 0 Å². The fraction of sp³-hybridized carbons (Fsp3) is 0.419. The summed E-state index contributed by atoms with van der Waals surface area (Å²) in [7, 11) is 0. The van der Waals surface area contributed by atoms with Crippen molar-refractivity contribution in [2.75, 3.05) is 11.9 Å². The molecule has 0 aromatic heterocycles. The van der Waals surface area contributed by atoms with Crippen LogP contribution in [0.15, 0.2) is 72.8 Å². The van der Waals surface area contributed by atoms with Gasteiger partial charge in [0, 0.05) is 24.4 Å². The highest BCUT2D eigenvalue weighted by Crippen LogP contribution is 2.44. The van der Waals surface area contributed by atoms with E-state index in [0.717, 1.165) is 42.0 Å². The molecule has 0 saturated heterocycles. The number of rotatable bonds is 11. The van der Waals surface area contributed by atoms with Gasteiger partial charge in [0.2, 0.25) is 0 Å². The van der Waals surface area contributed by atoms with E-state index in [1.807, 2.05) is 18.2 Å². The van der Waals surface area contributed by atoms with Gasteiger partial charge >= 0.3 is 0 Å². The van der Waals surface area contributed by atoms with Crippen molar-refractivity contribution in [1.82, 2.24) is 0 Å². The standard InChI is InChI=1S/C31H39NO3/c1-5-6-10-19-33-30-29(34-22-25-11-8-7-9-12-25)27-20-26(17-18-28(27)35-31(30,3)4)32-21-24-15-13-23(2)14-16-24/h7-9,11-18,20,29-30,32H,5-6,10,19,21-22H2,1-4H3. The highest BCUT2D eigenvalue weighted by atomic mass is 16.6. The molecule has 1 heterocycles. The first kappa shape index (κ1) is 25.3. The largest absolute Gasteiger partial charge is 0.485 e. The van der Waals surface area contributed by atoms with E-state index < -0.39 is 5.60 Å². The van der Waals surface area contributed by atoms with Crippen molar-refractivity contribution in [2.24, 2.45) is 0 Å². The minimum absolute atomic E-state index is 0.206. The fourth-order valence-electron chi connectivity index (χ4n) is 4.54. The Bertz CT molecular complexity index is 1060. The minimum atomic E-state index is -0.503. The van der Waals surface area contributed by atoms with Gasteiger partial charge in [0.05, 0.1) is 6.61 Å². The van der Waals surface area contributed by atoms with Crippen molar-refractivity contribution in [1.29, 1.82) is 0 Å². The quantitative estimate of drug-likeness (QED) is 0.291. The van der Waals surface area contributed by atoms with Crippen LogP contribution in [0.2, 0.25) is 0 Å². The maximum atomic E-state index is 6.60. The van der Waals surface area contributed by atoms with Gasteiger partial charge in [-0.2, -0.15) is 0 Å². The number of fused-ring (bicyclic) bond motifs is 1. The van der Waals surface area contributed by atoms with Gasteiger partial charge in [0.1, 0.15) is 23.6 Å². The van der Waals surface area contributed by atoms with Crippen molar-refractivity contribution >= 4 is 5.69 Å². The third-order valence-electron chi connectivity index (χ3n) is 6.58. The molecule has 1 aliphatic heterocycles. The molecule has 0 bridgehead atoms. The molecule has 4 rings (SSSR count). The molecule has 0 aliphatic carbocycles. The minimum Gasteiger partial charge on any atom is -0.485 e. The number of hydrogen-bond acceptors (Lipinski definition) is 4. The summed E-state index contributed by atoms with van der Waals surface area (Å²) >= 11 is 0. The molecular formula is C31H39NO3. The van der Waals surface area contributed by atoms with E-state index in [9.17, 15) is 0 Å². The van der Waals surface area contributed by atoms with Gasteiger partial charge in [0.15, 0.2) is 0 Å². The van der Waals surface area contributed by atoms with Crippen molar-refractivity contribution in [3.05, 3.63) is 95.1 Å². The SMILES string of the molecule is CCCCCOC1C(OCc2ccccc2)c2cc(NCc3ccc(C)cc3)ccc2OC1(C)C. The molecule has 0 saturated carbocycles. The maximum Gasteiger partial charge on any atom is 0.132 e. The van der Waals surface area contributed by atoms with E-state index in [1.165, 1.54) is 17.5 Å². The first-order chi connectivity index (χ1) is 17.0. The zero-order chi connectivity index (χ0) is 24.7. The lowest BCUT2D eigenvalue weighted by molar-refractivity contribution is -0.166. The Morgan fingerprint density at radius 3 is 2.40 bits per heavy atom. The monoisotopic (exact) mass is 473 g/mol. The van der Waals surface area contributed by atoms with Gasteiger partial charge < -0.3 is 19.5 Å². The van der Waals surface area contributed by atoms with Crippen molar-refractivity contribution in [3.63, 3.8) is 0 Å². The Labute approximate surface area is 210 Å². The lowest BCUT2D eigenvalue weighted by Gasteiger charge is -2.44. The summed E-state index contributed by atoms with van der Waals surface area (Å²) in [5, 5.41) is 3.57. The van der Waals surface area contributed by atoms with Crippen LogP contribution in [0.1, 0.15) is 68.4 Å². The predicted molar refractivity (Wildman–Crippen MR) is 143 cm³/mol. The molecule has 35 heavy (non-hydrogen) atoms. The van der Waals surface area contributed by atoms with E-state index in [2.05, 4.69) is 87.6 Å². The number of ether oxygens (including phenoxy) is 3. The maximum absolute atomic E-state index is 6.60. The van der Waals surface area contributed by atoms with Crippen LogP contribution in [-0.2, 0) is 22.6 Å². The van der Waals surface area contributed by atoms with Crippen LogP contribution in [0, 0.1) is 6.92 Å². The molecule has 1 N–H and O–H groups in total. The zero-order valence-electron chi connectivity index (χ0n) is 21.6. The van der Waals surface area contributed by atoms with Gasteiger partial charge in [0.25, 0.3) is 0 Å². The Morgan fingerprint density at radius 2 is 1.66 bits per heavy atom. The Morgan fingerprint density at radius 1 is 0.886 bits per heavy atom. The number of nitrogens with one attached hydrogen (secondary N) is 1. The third kappa shape index (κ3) is 6.65.